The molecule has 4 aromatic rings. The summed E-state index contributed by atoms with van der Waals surface area (Å²) in [6.07, 6.45) is 3.38. The Morgan fingerprint density at radius 2 is 1.39 bits per heavy atom. The van der Waals surface area contributed by atoms with Crippen LogP contribution < -0.4 is 10.5 Å². The lowest BCUT2D eigenvalue weighted by Gasteiger charge is -2.17. The van der Waals surface area contributed by atoms with Crippen molar-refractivity contribution >= 4 is 17.5 Å². The molecule has 4 rings (SSSR count). The molecule has 0 atom stereocenters. The van der Waals surface area contributed by atoms with E-state index in [0.29, 0.717) is 17.0 Å². The number of ketones is 1. The quantitative estimate of drug-likeness (QED) is 0.226. The first-order valence-electron chi connectivity index (χ1n) is 10.1. The van der Waals surface area contributed by atoms with Crippen LogP contribution in [0.15, 0.2) is 103 Å². The van der Waals surface area contributed by atoms with Gasteiger partial charge in [-0.15, -0.1) is 0 Å². The molecule has 0 aliphatic carbocycles. The fourth-order valence-electron chi connectivity index (χ4n) is 3.69. The van der Waals surface area contributed by atoms with Gasteiger partial charge in [0.05, 0.1) is 7.11 Å². The summed E-state index contributed by atoms with van der Waals surface area (Å²) >= 11 is 0. The van der Waals surface area contributed by atoms with Gasteiger partial charge in [0.15, 0.2) is 5.78 Å². The van der Waals surface area contributed by atoms with Crippen molar-refractivity contribution in [3.8, 4) is 28.0 Å². The van der Waals surface area contributed by atoms with Crippen LogP contribution in [0.25, 0.3) is 28.3 Å². The monoisotopic (exact) mass is 405 g/mol. The molecular weight excluding hydrogens is 382 g/mol. The molecule has 0 aromatic heterocycles. The highest BCUT2D eigenvalue weighted by Crippen LogP contribution is 2.40. The van der Waals surface area contributed by atoms with Crippen molar-refractivity contribution < 1.29 is 9.53 Å². The molecule has 0 aliphatic rings. The molecule has 0 spiro atoms. The second-order valence-corrected chi connectivity index (χ2v) is 7.12. The van der Waals surface area contributed by atoms with E-state index in [1.807, 2.05) is 60.7 Å². The summed E-state index contributed by atoms with van der Waals surface area (Å²) in [6, 6.07) is 31.4. The Morgan fingerprint density at radius 1 is 0.774 bits per heavy atom. The van der Waals surface area contributed by atoms with E-state index in [-0.39, 0.29) is 5.78 Å². The van der Waals surface area contributed by atoms with Gasteiger partial charge in [0.1, 0.15) is 5.75 Å². The van der Waals surface area contributed by atoms with Crippen LogP contribution in [0.1, 0.15) is 15.9 Å². The molecule has 0 saturated carbocycles. The molecule has 0 saturated heterocycles. The minimum absolute atomic E-state index is 0.149. The molecule has 3 nitrogen and oxygen atoms in total. The molecule has 2 N–H and O–H groups in total. The average Bonchev–Trinajstić information content (AvgIpc) is 2.83. The number of benzene rings is 4. The SMILES string of the molecule is COc1ccc(-c2ccccc2)c(-c2ccccc2)c1/C=C/C(=O)c1ccccc1N. The van der Waals surface area contributed by atoms with Crippen molar-refractivity contribution in [1.29, 1.82) is 0 Å². The summed E-state index contributed by atoms with van der Waals surface area (Å²) in [5, 5.41) is 0. The lowest BCUT2D eigenvalue weighted by molar-refractivity contribution is 0.104. The lowest BCUT2D eigenvalue weighted by atomic mass is 9.89. The third kappa shape index (κ3) is 4.26. The smallest absolute Gasteiger partial charge is 0.187 e. The summed E-state index contributed by atoms with van der Waals surface area (Å²) in [4.78, 5) is 12.8. The van der Waals surface area contributed by atoms with Crippen molar-refractivity contribution in [3.05, 3.63) is 114 Å². The first-order chi connectivity index (χ1) is 15.2. The molecule has 0 unspecified atom stereocenters. The number of allylic oxidation sites excluding steroid dienone is 1. The van der Waals surface area contributed by atoms with Gasteiger partial charge in [0.2, 0.25) is 0 Å². The predicted octanol–water partition coefficient (Wildman–Crippen LogP) is 6.51. The number of nitrogen functional groups attached to an aromatic ring is 1. The Balaban J connectivity index is 1.90. The molecule has 152 valence electrons. The van der Waals surface area contributed by atoms with Crippen molar-refractivity contribution in [2.45, 2.75) is 0 Å². The first-order valence-corrected chi connectivity index (χ1v) is 10.1. The van der Waals surface area contributed by atoms with Crippen LogP contribution >= 0.6 is 0 Å². The van der Waals surface area contributed by atoms with Crippen molar-refractivity contribution in [2.24, 2.45) is 0 Å². The average molecular weight is 405 g/mol. The van der Waals surface area contributed by atoms with Gasteiger partial charge in [-0.25, -0.2) is 0 Å². The zero-order valence-electron chi connectivity index (χ0n) is 17.3. The number of carbonyl (C=O) groups is 1. The molecule has 0 heterocycles. The van der Waals surface area contributed by atoms with Gasteiger partial charge in [0.25, 0.3) is 0 Å². The van der Waals surface area contributed by atoms with Crippen LogP contribution in [0, 0.1) is 0 Å². The Morgan fingerprint density at radius 3 is 2.03 bits per heavy atom. The van der Waals surface area contributed by atoms with Gasteiger partial charge in [-0.05, 0) is 47.0 Å². The van der Waals surface area contributed by atoms with Gasteiger partial charge in [-0.3, -0.25) is 4.79 Å². The number of anilines is 1. The molecule has 3 heteroatoms. The summed E-state index contributed by atoms with van der Waals surface area (Å²) in [5.41, 5.74) is 12.0. The predicted molar refractivity (Wildman–Crippen MR) is 128 cm³/mol. The highest BCUT2D eigenvalue weighted by molar-refractivity contribution is 6.10. The van der Waals surface area contributed by atoms with Crippen molar-refractivity contribution in [1.82, 2.24) is 0 Å². The van der Waals surface area contributed by atoms with Crippen LogP contribution in [0.3, 0.4) is 0 Å². The number of hydrogen-bond donors (Lipinski definition) is 1. The number of carbonyl (C=O) groups excluding carboxylic acids is 1. The molecular formula is C28H23NO2. The minimum Gasteiger partial charge on any atom is -0.496 e. The van der Waals surface area contributed by atoms with Gasteiger partial charge in [-0.1, -0.05) is 78.9 Å². The second-order valence-electron chi connectivity index (χ2n) is 7.12. The third-order valence-electron chi connectivity index (χ3n) is 5.20. The zero-order chi connectivity index (χ0) is 21.6. The molecule has 0 bridgehead atoms. The van der Waals surface area contributed by atoms with E-state index in [0.717, 1.165) is 27.8 Å². The topological polar surface area (TPSA) is 52.3 Å². The maximum atomic E-state index is 12.8. The van der Waals surface area contributed by atoms with Crippen LogP contribution in [0.2, 0.25) is 0 Å². The van der Waals surface area contributed by atoms with Crippen LogP contribution in [-0.4, -0.2) is 12.9 Å². The summed E-state index contributed by atoms with van der Waals surface area (Å²) < 4.78 is 5.67. The normalized spacial score (nSPS) is 10.9. The number of para-hydroxylation sites is 1. The Hall–Kier alpha value is -4.11. The van der Waals surface area contributed by atoms with E-state index in [1.54, 1.807) is 25.3 Å². The first kappa shape index (κ1) is 20.2. The van der Waals surface area contributed by atoms with Crippen LogP contribution in [-0.2, 0) is 0 Å². The van der Waals surface area contributed by atoms with Gasteiger partial charge >= 0.3 is 0 Å². The summed E-state index contributed by atoms with van der Waals surface area (Å²) in [6.45, 7) is 0. The molecule has 0 radical (unpaired) electrons. The van der Waals surface area contributed by atoms with E-state index in [1.165, 1.54) is 0 Å². The zero-order valence-corrected chi connectivity index (χ0v) is 17.3. The summed E-state index contributed by atoms with van der Waals surface area (Å²) in [5.74, 6) is 0.549. The number of nitrogens with two attached hydrogens (primary N) is 1. The Labute approximate surface area is 182 Å². The minimum atomic E-state index is -0.149. The van der Waals surface area contributed by atoms with Crippen LogP contribution in [0.4, 0.5) is 5.69 Å². The third-order valence-corrected chi connectivity index (χ3v) is 5.20. The van der Waals surface area contributed by atoms with E-state index in [2.05, 4.69) is 30.3 Å². The second kappa shape index (κ2) is 9.14. The highest BCUT2D eigenvalue weighted by Gasteiger charge is 2.16. The fourth-order valence-corrected chi connectivity index (χ4v) is 3.69. The van der Waals surface area contributed by atoms with E-state index in [9.17, 15) is 4.79 Å². The maximum absolute atomic E-state index is 12.8. The van der Waals surface area contributed by atoms with Crippen molar-refractivity contribution in [2.75, 3.05) is 12.8 Å². The van der Waals surface area contributed by atoms with E-state index >= 15 is 0 Å². The number of hydrogen-bond acceptors (Lipinski definition) is 3. The Kier molecular flexibility index (Phi) is 5.95. The van der Waals surface area contributed by atoms with E-state index in [4.69, 9.17) is 10.5 Å². The molecule has 31 heavy (non-hydrogen) atoms. The number of ether oxygens (including phenoxy) is 1. The summed E-state index contributed by atoms with van der Waals surface area (Å²) in [7, 11) is 1.64. The highest BCUT2D eigenvalue weighted by atomic mass is 16.5. The molecule has 0 aliphatic heterocycles. The Bertz CT molecular complexity index is 1230. The van der Waals surface area contributed by atoms with Gasteiger partial charge in [-0.2, -0.15) is 0 Å². The maximum Gasteiger partial charge on any atom is 0.187 e. The molecule has 0 fully saturated rings. The molecule has 4 aromatic carbocycles. The standard InChI is InChI=1S/C28H23NO2/c1-31-27-19-17-22(20-10-4-2-5-11-20)28(21-12-6-3-7-13-21)24(27)16-18-26(30)23-14-8-9-15-25(23)29/h2-19H,29H2,1H3/b18-16+. The lowest BCUT2D eigenvalue weighted by Crippen LogP contribution is -2.00. The largest absolute Gasteiger partial charge is 0.496 e. The van der Waals surface area contributed by atoms with Crippen molar-refractivity contribution in [3.63, 3.8) is 0 Å². The van der Waals surface area contributed by atoms with E-state index < -0.39 is 0 Å². The fraction of sp³-hybridized carbons (Fsp3) is 0.0357. The van der Waals surface area contributed by atoms with Crippen LogP contribution in [0.5, 0.6) is 5.75 Å². The number of methoxy groups -OCH3 is 1. The number of rotatable bonds is 6. The molecule has 0 amide bonds. The van der Waals surface area contributed by atoms with Gasteiger partial charge < -0.3 is 10.5 Å². The van der Waals surface area contributed by atoms with Gasteiger partial charge in [0, 0.05) is 22.4 Å².